The summed E-state index contributed by atoms with van der Waals surface area (Å²) in [5, 5.41) is 6.86. The van der Waals surface area contributed by atoms with Crippen molar-refractivity contribution in [3.05, 3.63) is 65.4 Å². The molecule has 4 rings (SSSR count). The van der Waals surface area contributed by atoms with Crippen molar-refractivity contribution in [1.82, 2.24) is 10.2 Å². The van der Waals surface area contributed by atoms with Gasteiger partial charge in [-0.15, -0.1) is 0 Å². The first kappa shape index (κ1) is 20.0. The Kier molecular flexibility index (Phi) is 5.74. The second-order valence-electron chi connectivity index (χ2n) is 7.94. The van der Waals surface area contributed by atoms with E-state index in [1.165, 1.54) is 5.56 Å². The third kappa shape index (κ3) is 4.32. The molecular weight excluding hydrogens is 378 g/mol. The van der Waals surface area contributed by atoms with Crippen LogP contribution < -0.4 is 10.6 Å². The van der Waals surface area contributed by atoms with E-state index in [2.05, 4.69) is 23.6 Å². The van der Waals surface area contributed by atoms with Gasteiger partial charge in [0.25, 0.3) is 0 Å². The molecule has 30 heavy (non-hydrogen) atoms. The summed E-state index contributed by atoms with van der Waals surface area (Å²) >= 11 is 0. The Labute approximate surface area is 176 Å². The van der Waals surface area contributed by atoms with Crippen molar-refractivity contribution >= 4 is 28.6 Å². The Bertz CT molecular complexity index is 1050. The minimum absolute atomic E-state index is 0.0677. The van der Waals surface area contributed by atoms with E-state index in [0.29, 0.717) is 19.5 Å². The number of amides is 3. The van der Waals surface area contributed by atoms with Gasteiger partial charge in [-0.05, 0) is 49.9 Å². The van der Waals surface area contributed by atoms with Gasteiger partial charge in [-0.2, -0.15) is 0 Å². The van der Waals surface area contributed by atoms with Crippen molar-refractivity contribution in [2.45, 2.75) is 39.2 Å². The van der Waals surface area contributed by atoms with Crippen LogP contribution in [0.5, 0.6) is 0 Å². The second kappa shape index (κ2) is 8.61. The van der Waals surface area contributed by atoms with Gasteiger partial charge in [0.1, 0.15) is 5.58 Å². The number of hydrogen-bond donors (Lipinski definition) is 2. The molecule has 0 aliphatic carbocycles. The summed E-state index contributed by atoms with van der Waals surface area (Å²) in [6, 6.07) is 13.3. The minimum atomic E-state index is -0.207. The van der Waals surface area contributed by atoms with Crippen LogP contribution in [0.4, 0.5) is 10.5 Å². The van der Waals surface area contributed by atoms with Gasteiger partial charge in [0.05, 0.1) is 12.7 Å². The first-order chi connectivity index (χ1) is 14.5. The van der Waals surface area contributed by atoms with Crippen LogP contribution in [-0.2, 0) is 11.2 Å². The highest BCUT2D eigenvalue weighted by molar-refractivity contribution is 5.90. The van der Waals surface area contributed by atoms with Crippen LogP contribution in [0.2, 0.25) is 0 Å². The molecule has 2 N–H and O–H groups in total. The standard InChI is InChI=1S/C24H27N3O3/c1-16-8-9-21-18(15-30-23(21)17(16)2)14-22(28)27-12-10-20(11-13-27)26-24(29)25-19-6-4-3-5-7-19/h3-9,15,20H,10-14H2,1-2H3,(H2,25,26,29). The summed E-state index contributed by atoms with van der Waals surface area (Å²) in [6.07, 6.45) is 3.54. The summed E-state index contributed by atoms with van der Waals surface area (Å²) < 4.78 is 5.73. The van der Waals surface area contributed by atoms with Crippen molar-refractivity contribution in [3.8, 4) is 0 Å². The van der Waals surface area contributed by atoms with E-state index in [-0.39, 0.29) is 18.0 Å². The number of anilines is 1. The number of nitrogens with zero attached hydrogens (tertiary/aromatic N) is 1. The number of carbonyl (C=O) groups excluding carboxylic acids is 2. The van der Waals surface area contributed by atoms with E-state index in [1.807, 2.05) is 48.2 Å². The molecule has 0 saturated carbocycles. The molecule has 1 saturated heterocycles. The van der Waals surface area contributed by atoms with Crippen molar-refractivity contribution in [1.29, 1.82) is 0 Å². The number of piperidine rings is 1. The quantitative estimate of drug-likeness (QED) is 0.675. The molecule has 0 bridgehead atoms. The molecule has 3 amide bonds. The number of para-hydroxylation sites is 1. The summed E-state index contributed by atoms with van der Waals surface area (Å²) in [5.41, 5.74) is 4.86. The number of nitrogens with one attached hydrogen (secondary N) is 2. The molecule has 1 aliphatic rings. The van der Waals surface area contributed by atoms with Gasteiger partial charge in [-0.1, -0.05) is 30.3 Å². The maximum Gasteiger partial charge on any atom is 0.319 e. The number of aryl methyl sites for hydroxylation is 2. The molecular formula is C24H27N3O3. The van der Waals surface area contributed by atoms with E-state index in [1.54, 1.807) is 6.26 Å². The Hall–Kier alpha value is -3.28. The zero-order valence-corrected chi connectivity index (χ0v) is 17.4. The zero-order chi connectivity index (χ0) is 21.1. The molecule has 1 aliphatic heterocycles. The first-order valence-corrected chi connectivity index (χ1v) is 10.4. The van der Waals surface area contributed by atoms with E-state index in [0.717, 1.165) is 40.6 Å². The Morgan fingerprint density at radius 3 is 2.53 bits per heavy atom. The maximum absolute atomic E-state index is 12.8. The Morgan fingerprint density at radius 2 is 1.80 bits per heavy atom. The summed E-state index contributed by atoms with van der Waals surface area (Å²) in [6.45, 7) is 5.38. The molecule has 0 unspecified atom stereocenters. The van der Waals surface area contributed by atoms with Crippen molar-refractivity contribution in [2.75, 3.05) is 18.4 Å². The van der Waals surface area contributed by atoms with Gasteiger partial charge in [0.15, 0.2) is 0 Å². The highest BCUT2D eigenvalue weighted by atomic mass is 16.3. The molecule has 1 fully saturated rings. The fourth-order valence-corrected chi connectivity index (χ4v) is 3.95. The number of rotatable bonds is 4. The van der Waals surface area contributed by atoms with Crippen molar-refractivity contribution in [3.63, 3.8) is 0 Å². The first-order valence-electron chi connectivity index (χ1n) is 10.4. The number of hydrogen-bond acceptors (Lipinski definition) is 3. The highest BCUT2D eigenvalue weighted by Crippen LogP contribution is 2.27. The van der Waals surface area contributed by atoms with Crippen molar-refractivity contribution in [2.24, 2.45) is 0 Å². The largest absolute Gasteiger partial charge is 0.464 e. The number of likely N-dealkylation sites (tertiary alicyclic amines) is 1. The third-order valence-corrected chi connectivity index (χ3v) is 5.90. The Morgan fingerprint density at radius 1 is 1.07 bits per heavy atom. The predicted molar refractivity (Wildman–Crippen MR) is 118 cm³/mol. The number of urea groups is 1. The van der Waals surface area contributed by atoms with Crippen LogP contribution in [0.1, 0.15) is 29.5 Å². The lowest BCUT2D eigenvalue weighted by molar-refractivity contribution is -0.131. The van der Waals surface area contributed by atoms with Gasteiger partial charge < -0.3 is 20.0 Å². The molecule has 6 nitrogen and oxygen atoms in total. The van der Waals surface area contributed by atoms with Gasteiger partial charge in [-0.25, -0.2) is 4.79 Å². The van der Waals surface area contributed by atoms with E-state index in [4.69, 9.17) is 4.42 Å². The molecule has 6 heteroatoms. The summed E-state index contributed by atoms with van der Waals surface area (Å²) in [5.74, 6) is 0.100. The molecule has 156 valence electrons. The fourth-order valence-electron chi connectivity index (χ4n) is 3.95. The lowest BCUT2D eigenvalue weighted by atomic mass is 10.0. The van der Waals surface area contributed by atoms with Crippen LogP contribution in [0.25, 0.3) is 11.0 Å². The van der Waals surface area contributed by atoms with Crippen LogP contribution in [0.15, 0.2) is 53.1 Å². The average molecular weight is 405 g/mol. The zero-order valence-electron chi connectivity index (χ0n) is 17.4. The van der Waals surface area contributed by atoms with E-state index < -0.39 is 0 Å². The Balaban J connectivity index is 1.29. The minimum Gasteiger partial charge on any atom is -0.464 e. The topological polar surface area (TPSA) is 74.6 Å². The lowest BCUT2D eigenvalue weighted by Gasteiger charge is -2.32. The third-order valence-electron chi connectivity index (χ3n) is 5.90. The fraction of sp³-hybridized carbons (Fsp3) is 0.333. The molecule has 0 spiro atoms. The number of benzene rings is 2. The van der Waals surface area contributed by atoms with E-state index in [9.17, 15) is 9.59 Å². The lowest BCUT2D eigenvalue weighted by Crippen LogP contribution is -2.47. The number of fused-ring (bicyclic) bond motifs is 1. The summed E-state index contributed by atoms with van der Waals surface area (Å²) in [7, 11) is 0. The van der Waals surface area contributed by atoms with Crippen LogP contribution >= 0.6 is 0 Å². The number of furan rings is 1. The van der Waals surface area contributed by atoms with Crippen molar-refractivity contribution < 1.29 is 14.0 Å². The van der Waals surface area contributed by atoms with Gasteiger partial charge in [0, 0.05) is 35.8 Å². The average Bonchev–Trinajstić information content (AvgIpc) is 3.15. The number of carbonyl (C=O) groups is 2. The maximum atomic E-state index is 12.8. The normalized spacial score (nSPS) is 14.7. The van der Waals surface area contributed by atoms with Crippen LogP contribution in [-0.4, -0.2) is 36.0 Å². The predicted octanol–water partition coefficient (Wildman–Crippen LogP) is 4.40. The highest BCUT2D eigenvalue weighted by Gasteiger charge is 2.25. The van der Waals surface area contributed by atoms with Gasteiger partial charge >= 0.3 is 6.03 Å². The molecule has 3 aromatic rings. The smallest absolute Gasteiger partial charge is 0.319 e. The summed E-state index contributed by atoms with van der Waals surface area (Å²) in [4.78, 5) is 26.9. The van der Waals surface area contributed by atoms with Crippen LogP contribution in [0.3, 0.4) is 0 Å². The molecule has 2 heterocycles. The molecule has 1 aromatic heterocycles. The SMILES string of the molecule is Cc1ccc2c(CC(=O)N3CCC(NC(=O)Nc4ccccc4)CC3)coc2c1C. The monoisotopic (exact) mass is 405 g/mol. The molecule has 2 aromatic carbocycles. The second-order valence-corrected chi connectivity index (χ2v) is 7.94. The molecule has 0 atom stereocenters. The van der Waals surface area contributed by atoms with Gasteiger partial charge in [0.2, 0.25) is 5.91 Å². The van der Waals surface area contributed by atoms with Crippen LogP contribution in [0, 0.1) is 13.8 Å². The van der Waals surface area contributed by atoms with E-state index >= 15 is 0 Å². The van der Waals surface area contributed by atoms with Gasteiger partial charge in [-0.3, -0.25) is 4.79 Å². The molecule has 0 radical (unpaired) electrons.